The van der Waals surface area contributed by atoms with Crippen molar-refractivity contribution in [2.45, 2.75) is 26.3 Å². The summed E-state index contributed by atoms with van der Waals surface area (Å²) in [5, 5.41) is 23.0. The number of thiophene rings is 1. The Labute approximate surface area is 221 Å². The van der Waals surface area contributed by atoms with Crippen LogP contribution in [0, 0.1) is 6.92 Å². The third-order valence-electron chi connectivity index (χ3n) is 5.99. The molecule has 38 heavy (non-hydrogen) atoms. The zero-order chi connectivity index (χ0) is 26.9. The topological polar surface area (TPSA) is 145 Å². The lowest BCUT2D eigenvalue weighted by Gasteiger charge is -2.26. The van der Waals surface area contributed by atoms with Crippen molar-refractivity contribution in [1.82, 2.24) is 25.7 Å². The second-order valence-corrected chi connectivity index (χ2v) is 10.3. The van der Waals surface area contributed by atoms with Crippen molar-refractivity contribution in [2.75, 3.05) is 10.6 Å². The molecule has 3 amide bonds. The molecule has 0 saturated heterocycles. The molecule has 0 fully saturated rings. The molecule has 3 heterocycles. The number of carbonyl (C=O) groups excluding carboxylic acids is 3. The van der Waals surface area contributed by atoms with Crippen molar-refractivity contribution < 1.29 is 14.4 Å². The maximum absolute atomic E-state index is 13.2. The number of aryl methyl sites for hydroxylation is 1. The van der Waals surface area contributed by atoms with E-state index in [0.717, 1.165) is 11.3 Å². The molecule has 5 rings (SSSR count). The number of H-pyrrole nitrogens is 2. The van der Waals surface area contributed by atoms with Crippen molar-refractivity contribution in [2.24, 2.45) is 0 Å². The number of nitrogens with zero attached hydrogens (tertiary/aromatic N) is 2. The maximum Gasteiger partial charge on any atom is 0.276 e. The first-order valence-electron chi connectivity index (χ1n) is 11.8. The Bertz CT molecular complexity index is 1650. The molecule has 0 saturated carbocycles. The Kier molecular flexibility index (Phi) is 6.52. The van der Waals surface area contributed by atoms with Crippen LogP contribution in [0.15, 0.2) is 66.7 Å². The zero-order valence-corrected chi connectivity index (χ0v) is 21.7. The Hall–Kier alpha value is -4.77. The van der Waals surface area contributed by atoms with Gasteiger partial charge in [-0.15, -0.1) is 11.3 Å². The van der Waals surface area contributed by atoms with Gasteiger partial charge in [0.05, 0.1) is 27.1 Å². The van der Waals surface area contributed by atoms with Crippen LogP contribution in [-0.4, -0.2) is 38.1 Å². The fourth-order valence-electron chi connectivity index (χ4n) is 3.98. The molecule has 0 aliphatic rings. The number of amides is 3. The van der Waals surface area contributed by atoms with Crippen molar-refractivity contribution in [1.29, 1.82) is 0 Å². The molecule has 0 bridgehead atoms. The number of rotatable bonds is 7. The molecule has 192 valence electrons. The second kappa shape index (κ2) is 9.94. The lowest BCUT2D eigenvalue weighted by molar-refractivity contribution is 0.0915. The maximum atomic E-state index is 13.2. The minimum absolute atomic E-state index is 0.214. The average molecular weight is 528 g/mol. The van der Waals surface area contributed by atoms with E-state index in [-0.39, 0.29) is 23.0 Å². The highest BCUT2D eigenvalue weighted by Gasteiger charge is 2.25. The number of aromatic nitrogens is 4. The fraction of sp³-hybridized carbons (Fsp3) is 0.148. The highest BCUT2D eigenvalue weighted by Crippen LogP contribution is 2.31. The Morgan fingerprint density at radius 3 is 2.32 bits per heavy atom. The van der Waals surface area contributed by atoms with Gasteiger partial charge < -0.3 is 16.0 Å². The summed E-state index contributed by atoms with van der Waals surface area (Å²) in [4.78, 5) is 39.9. The van der Waals surface area contributed by atoms with Crippen LogP contribution in [0.3, 0.4) is 0 Å². The second-order valence-electron chi connectivity index (χ2n) is 9.26. The van der Waals surface area contributed by atoms with Crippen LogP contribution in [0.4, 0.5) is 11.5 Å². The van der Waals surface area contributed by atoms with Crippen molar-refractivity contribution in [3.05, 3.63) is 94.1 Å². The largest absolute Gasteiger partial charge is 0.342 e. The number of hydrogen-bond donors (Lipinski definition) is 5. The van der Waals surface area contributed by atoms with E-state index >= 15 is 0 Å². The van der Waals surface area contributed by atoms with Gasteiger partial charge in [-0.3, -0.25) is 24.6 Å². The number of hydrogen-bond acceptors (Lipinski definition) is 6. The zero-order valence-electron chi connectivity index (χ0n) is 20.9. The first-order valence-corrected chi connectivity index (χ1v) is 12.6. The fourth-order valence-corrected chi connectivity index (χ4v) is 4.88. The van der Waals surface area contributed by atoms with Gasteiger partial charge in [0.2, 0.25) is 0 Å². The molecule has 10 nitrogen and oxygen atoms in total. The van der Waals surface area contributed by atoms with Gasteiger partial charge in [-0.25, -0.2) is 0 Å². The molecular weight excluding hydrogens is 502 g/mol. The average Bonchev–Trinajstić information content (AvgIpc) is 3.62. The molecule has 5 aromatic rings. The summed E-state index contributed by atoms with van der Waals surface area (Å²) in [5.41, 5.74) is 1.95. The Morgan fingerprint density at radius 1 is 0.842 bits per heavy atom. The van der Waals surface area contributed by atoms with Crippen molar-refractivity contribution in [3.8, 4) is 0 Å². The highest BCUT2D eigenvalue weighted by molar-refractivity contribution is 7.20. The third-order valence-corrected chi connectivity index (χ3v) is 7.03. The molecule has 0 aliphatic carbocycles. The van der Waals surface area contributed by atoms with E-state index in [1.54, 1.807) is 43.3 Å². The quantitative estimate of drug-likeness (QED) is 0.206. The standard InChI is InChI=1S/C27H25N7O3S/c1-15-13-20(32-31-15)24(36)28-19-12-8-7-11-17(19)23(35)29-22-18-14-21(38-26(18)34-33-22)25(37)30-27(2,3)16-9-5-4-6-10-16/h4-14H,1-3H3,(H,28,36)(H,30,37)(H,31,32)(H2,29,33,34,35). The van der Waals surface area contributed by atoms with Crippen LogP contribution in [0.25, 0.3) is 10.2 Å². The van der Waals surface area contributed by atoms with Crippen molar-refractivity contribution in [3.63, 3.8) is 0 Å². The van der Waals surface area contributed by atoms with E-state index in [0.29, 0.717) is 20.8 Å². The lowest BCUT2D eigenvalue weighted by atomic mass is 9.94. The number of nitrogens with one attached hydrogen (secondary N) is 5. The predicted molar refractivity (Wildman–Crippen MR) is 147 cm³/mol. The summed E-state index contributed by atoms with van der Waals surface area (Å²) < 4.78 is 0. The normalized spacial score (nSPS) is 11.3. The van der Waals surface area contributed by atoms with Gasteiger partial charge in [-0.2, -0.15) is 10.2 Å². The van der Waals surface area contributed by atoms with Gasteiger partial charge in [0.15, 0.2) is 11.5 Å². The molecule has 5 N–H and O–H groups in total. The Morgan fingerprint density at radius 2 is 1.58 bits per heavy atom. The van der Waals surface area contributed by atoms with Crippen molar-refractivity contribution >= 4 is 50.8 Å². The number of fused-ring (bicyclic) bond motifs is 1. The van der Waals surface area contributed by atoms with E-state index in [1.165, 1.54) is 11.3 Å². The van der Waals surface area contributed by atoms with Gasteiger partial charge in [0, 0.05) is 5.69 Å². The number of carbonyl (C=O) groups is 3. The number of anilines is 2. The molecular formula is C27H25N7O3S. The smallest absolute Gasteiger partial charge is 0.276 e. The number of aromatic amines is 2. The first-order chi connectivity index (χ1) is 18.2. The Balaban J connectivity index is 1.33. The minimum atomic E-state index is -0.575. The summed E-state index contributed by atoms with van der Waals surface area (Å²) >= 11 is 1.25. The molecule has 0 unspecified atom stereocenters. The van der Waals surface area contributed by atoms with E-state index in [1.807, 2.05) is 44.2 Å². The van der Waals surface area contributed by atoms with Crippen LogP contribution in [0.5, 0.6) is 0 Å². The van der Waals surface area contributed by atoms with Gasteiger partial charge in [-0.05, 0) is 50.6 Å². The molecule has 0 atom stereocenters. The van der Waals surface area contributed by atoms with Crippen LogP contribution in [0.1, 0.15) is 55.6 Å². The molecule has 2 aromatic carbocycles. The summed E-state index contributed by atoms with van der Waals surface area (Å²) in [6.45, 7) is 5.67. The predicted octanol–water partition coefficient (Wildman–Crippen LogP) is 4.83. The first kappa shape index (κ1) is 24.9. The number of para-hydroxylation sites is 1. The van der Waals surface area contributed by atoms with Gasteiger partial charge >= 0.3 is 0 Å². The van der Waals surface area contributed by atoms with E-state index in [2.05, 4.69) is 36.3 Å². The van der Waals surface area contributed by atoms with E-state index in [4.69, 9.17) is 0 Å². The van der Waals surface area contributed by atoms with Crippen LogP contribution in [-0.2, 0) is 5.54 Å². The van der Waals surface area contributed by atoms with Crippen LogP contribution in [0.2, 0.25) is 0 Å². The minimum Gasteiger partial charge on any atom is -0.342 e. The van der Waals surface area contributed by atoms with E-state index in [9.17, 15) is 14.4 Å². The molecule has 11 heteroatoms. The monoisotopic (exact) mass is 527 g/mol. The van der Waals surface area contributed by atoms with Gasteiger partial charge in [0.25, 0.3) is 17.7 Å². The SMILES string of the molecule is Cc1cc(C(=O)Nc2ccccc2C(=O)Nc2n[nH]c3sc(C(=O)NC(C)(C)c4ccccc4)cc23)n[nH]1. The van der Waals surface area contributed by atoms with E-state index < -0.39 is 17.4 Å². The highest BCUT2D eigenvalue weighted by atomic mass is 32.1. The summed E-state index contributed by atoms with van der Waals surface area (Å²) in [5.74, 6) is -0.849. The molecule has 0 spiro atoms. The summed E-state index contributed by atoms with van der Waals surface area (Å²) in [7, 11) is 0. The van der Waals surface area contributed by atoms with Crippen LogP contribution >= 0.6 is 11.3 Å². The van der Waals surface area contributed by atoms with Crippen LogP contribution < -0.4 is 16.0 Å². The molecule has 0 radical (unpaired) electrons. The third kappa shape index (κ3) is 5.04. The molecule has 0 aliphatic heterocycles. The summed E-state index contributed by atoms with van der Waals surface area (Å²) in [6, 6.07) is 19.7. The summed E-state index contributed by atoms with van der Waals surface area (Å²) in [6.07, 6.45) is 0. The number of benzene rings is 2. The molecule has 3 aromatic heterocycles. The lowest BCUT2D eigenvalue weighted by Crippen LogP contribution is -2.40. The van der Waals surface area contributed by atoms with Gasteiger partial charge in [-0.1, -0.05) is 42.5 Å². The van der Waals surface area contributed by atoms with Gasteiger partial charge in [0.1, 0.15) is 4.83 Å².